The summed E-state index contributed by atoms with van der Waals surface area (Å²) in [4.78, 5) is 14.9. The Bertz CT molecular complexity index is 832. The van der Waals surface area contributed by atoms with Gasteiger partial charge in [-0.3, -0.25) is 9.89 Å². The molecule has 0 aliphatic heterocycles. The number of hydrogen-bond donors (Lipinski definition) is 2. The quantitative estimate of drug-likeness (QED) is 0.704. The van der Waals surface area contributed by atoms with Crippen molar-refractivity contribution in [2.45, 2.75) is 5.16 Å². The monoisotopic (exact) mass is 315 g/mol. The molecule has 0 spiro atoms. The van der Waals surface area contributed by atoms with Crippen molar-refractivity contribution in [2.75, 3.05) is 12.9 Å². The first-order valence-corrected chi connectivity index (χ1v) is 7.49. The zero-order valence-electron chi connectivity index (χ0n) is 11.7. The number of carbonyl (C=O) groups is 1. The number of H-pyrrole nitrogens is 1. The van der Waals surface area contributed by atoms with Gasteiger partial charge in [-0.1, -0.05) is 30.0 Å². The maximum absolute atomic E-state index is 10.6. The molecule has 0 amide bonds. The normalized spacial score (nSPS) is 10.8. The number of hydrogen-bond acceptors (Lipinski definition) is 5. The van der Waals surface area contributed by atoms with Crippen LogP contribution in [0, 0.1) is 0 Å². The largest absolute Gasteiger partial charge is 0.497 e. The Morgan fingerprint density at radius 2 is 2.05 bits per heavy atom. The molecule has 112 valence electrons. The number of aliphatic carboxylic acids is 1. The number of benzene rings is 2. The maximum atomic E-state index is 10.6. The van der Waals surface area contributed by atoms with E-state index in [9.17, 15) is 4.79 Å². The van der Waals surface area contributed by atoms with Crippen molar-refractivity contribution in [3.05, 3.63) is 36.4 Å². The highest BCUT2D eigenvalue weighted by Crippen LogP contribution is 2.26. The van der Waals surface area contributed by atoms with Crippen LogP contribution in [0.1, 0.15) is 0 Å². The summed E-state index contributed by atoms with van der Waals surface area (Å²) in [6, 6.07) is 11.8. The van der Waals surface area contributed by atoms with Crippen molar-refractivity contribution in [1.82, 2.24) is 15.2 Å². The molecule has 0 aliphatic rings. The van der Waals surface area contributed by atoms with Gasteiger partial charge in [-0.05, 0) is 29.0 Å². The molecule has 2 N–H and O–H groups in total. The molecule has 0 atom stereocenters. The molecule has 0 fully saturated rings. The molecule has 1 aromatic heterocycles. The van der Waals surface area contributed by atoms with E-state index in [1.165, 1.54) is 0 Å². The molecular formula is C15H13N3O3S. The third kappa shape index (κ3) is 3.04. The van der Waals surface area contributed by atoms with Crippen LogP contribution in [0.25, 0.3) is 22.2 Å². The first kappa shape index (κ1) is 14.4. The van der Waals surface area contributed by atoms with Gasteiger partial charge in [0.15, 0.2) is 5.82 Å². The highest BCUT2D eigenvalue weighted by Gasteiger charge is 2.09. The fraction of sp³-hybridized carbons (Fsp3) is 0.133. The number of nitrogens with zero attached hydrogens (tertiary/aromatic N) is 2. The van der Waals surface area contributed by atoms with Crippen molar-refractivity contribution in [1.29, 1.82) is 0 Å². The van der Waals surface area contributed by atoms with Gasteiger partial charge in [-0.15, -0.1) is 5.10 Å². The molecule has 0 unspecified atom stereocenters. The van der Waals surface area contributed by atoms with E-state index in [1.54, 1.807) is 7.11 Å². The molecule has 6 nitrogen and oxygen atoms in total. The standard InChI is InChI=1S/C15H13N3O3S/c1-21-12-5-4-9-6-11(3-2-10(9)7-12)14-16-15(18-17-14)22-8-13(19)20/h2-7H,8H2,1H3,(H,19,20)(H,16,17,18). The van der Waals surface area contributed by atoms with Gasteiger partial charge in [0, 0.05) is 5.56 Å². The summed E-state index contributed by atoms with van der Waals surface area (Å²) >= 11 is 1.08. The minimum atomic E-state index is -0.893. The second-order valence-corrected chi connectivity index (χ2v) is 5.52. The third-order valence-corrected chi connectivity index (χ3v) is 3.94. The summed E-state index contributed by atoms with van der Waals surface area (Å²) in [5.74, 6) is 0.475. The average molecular weight is 315 g/mol. The maximum Gasteiger partial charge on any atom is 0.313 e. The van der Waals surface area contributed by atoms with Crippen LogP contribution in [-0.2, 0) is 4.79 Å². The van der Waals surface area contributed by atoms with Gasteiger partial charge < -0.3 is 9.84 Å². The van der Waals surface area contributed by atoms with E-state index in [0.717, 1.165) is 33.8 Å². The number of carboxylic acid groups (broad SMARTS) is 1. The molecular weight excluding hydrogens is 302 g/mol. The third-order valence-electron chi connectivity index (χ3n) is 3.11. The van der Waals surface area contributed by atoms with Gasteiger partial charge in [0.2, 0.25) is 5.16 Å². The minimum Gasteiger partial charge on any atom is -0.497 e. The second-order valence-electron chi connectivity index (χ2n) is 4.58. The van der Waals surface area contributed by atoms with Crippen LogP contribution >= 0.6 is 11.8 Å². The molecule has 0 bridgehead atoms. The molecule has 3 aromatic rings. The van der Waals surface area contributed by atoms with Gasteiger partial charge in [-0.25, -0.2) is 4.98 Å². The molecule has 7 heteroatoms. The van der Waals surface area contributed by atoms with Gasteiger partial charge in [0.25, 0.3) is 0 Å². The predicted molar refractivity (Wildman–Crippen MR) is 84.2 cm³/mol. The van der Waals surface area contributed by atoms with Crippen LogP contribution in [0.2, 0.25) is 0 Å². The van der Waals surface area contributed by atoms with Crippen molar-refractivity contribution < 1.29 is 14.6 Å². The van der Waals surface area contributed by atoms with Crippen molar-refractivity contribution in [3.8, 4) is 17.1 Å². The number of ether oxygens (including phenoxy) is 1. The topological polar surface area (TPSA) is 88.1 Å². The summed E-state index contributed by atoms with van der Waals surface area (Å²) < 4.78 is 5.21. The highest BCUT2D eigenvalue weighted by atomic mass is 32.2. The lowest BCUT2D eigenvalue weighted by Gasteiger charge is -2.04. The Balaban J connectivity index is 1.88. The molecule has 0 saturated heterocycles. The highest BCUT2D eigenvalue weighted by molar-refractivity contribution is 7.99. The van der Waals surface area contributed by atoms with E-state index in [4.69, 9.17) is 9.84 Å². The number of rotatable bonds is 5. The lowest BCUT2D eigenvalue weighted by atomic mass is 10.1. The van der Waals surface area contributed by atoms with E-state index in [1.807, 2.05) is 36.4 Å². The number of nitrogens with one attached hydrogen (secondary N) is 1. The Kier molecular flexibility index (Phi) is 3.97. The summed E-state index contributed by atoms with van der Waals surface area (Å²) in [7, 11) is 1.64. The number of aromatic amines is 1. The van der Waals surface area contributed by atoms with E-state index in [0.29, 0.717) is 11.0 Å². The fourth-order valence-electron chi connectivity index (χ4n) is 2.06. The molecule has 2 aromatic carbocycles. The number of thioether (sulfide) groups is 1. The zero-order chi connectivity index (χ0) is 15.5. The molecule has 3 rings (SSSR count). The van der Waals surface area contributed by atoms with Crippen LogP contribution in [0.15, 0.2) is 41.6 Å². The van der Waals surface area contributed by atoms with E-state index in [2.05, 4.69) is 15.2 Å². The van der Waals surface area contributed by atoms with E-state index < -0.39 is 5.97 Å². The fourth-order valence-corrected chi connectivity index (χ4v) is 2.58. The Morgan fingerprint density at radius 1 is 1.27 bits per heavy atom. The number of carboxylic acids is 1. The minimum absolute atomic E-state index is 0.0607. The predicted octanol–water partition coefficient (Wildman–Crippen LogP) is 2.81. The second kappa shape index (κ2) is 6.07. The summed E-state index contributed by atoms with van der Waals surface area (Å²) in [6.45, 7) is 0. The van der Waals surface area contributed by atoms with Gasteiger partial charge >= 0.3 is 5.97 Å². The first-order chi connectivity index (χ1) is 10.7. The van der Waals surface area contributed by atoms with Crippen LogP contribution in [0.5, 0.6) is 5.75 Å². The molecule has 0 saturated carbocycles. The summed E-state index contributed by atoms with van der Waals surface area (Å²) in [6.07, 6.45) is 0. The average Bonchev–Trinajstić information content (AvgIpc) is 3.01. The van der Waals surface area contributed by atoms with Crippen LogP contribution in [0.4, 0.5) is 0 Å². The van der Waals surface area contributed by atoms with Crippen molar-refractivity contribution in [2.24, 2.45) is 0 Å². The Hall–Kier alpha value is -2.54. The number of methoxy groups -OCH3 is 1. The smallest absolute Gasteiger partial charge is 0.313 e. The van der Waals surface area contributed by atoms with Gasteiger partial charge in [0.1, 0.15) is 5.75 Å². The molecule has 0 radical (unpaired) electrons. The van der Waals surface area contributed by atoms with Crippen molar-refractivity contribution >= 4 is 28.5 Å². The van der Waals surface area contributed by atoms with Crippen molar-refractivity contribution in [3.63, 3.8) is 0 Å². The van der Waals surface area contributed by atoms with Crippen LogP contribution in [0.3, 0.4) is 0 Å². The van der Waals surface area contributed by atoms with E-state index in [-0.39, 0.29) is 5.75 Å². The van der Waals surface area contributed by atoms with Crippen LogP contribution < -0.4 is 4.74 Å². The van der Waals surface area contributed by atoms with Crippen LogP contribution in [-0.4, -0.2) is 39.1 Å². The summed E-state index contributed by atoms with van der Waals surface area (Å²) in [5, 5.41) is 18.1. The van der Waals surface area contributed by atoms with Gasteiger partial charge in [0.05, 0.1) is 12.9 Å². The molecule has 22 heavy (non-hydrogen) atoms. The Labute approximate surface area is 130 Å². The summed E-state index contributed by atoms with van der Waals surface area (Å²) in [5.41, 5.74) is 0.896. The Morgan fingerprint density at radius 3 is 2.82 bits per heavy atom. The first-order valence-electron chi connectivity index (χ1n) is 6.51. The number of aromatic nitrogens is 3. The molecule has 1 heterocycles. The number of fused-ring (bicyclic) bond motifs is 1. The molecule has 0 aliphatic carbocycles. The van der Waals surface area contributed by atoms with E-state index >= 15 is 0 Å². The zero-order valence-corrected chi connectivity index (χ0v) is 12.6. The lowest BCUT2D eigenvalue weighted by molar-refractivity contribution is -0.133. The SMILES string of the molecule is COc1ccc2cc(-c3nc(SCC(=O)O)n[nH]3)ccc2c1. The van der Waals surface area contributed by atoms with Gasteiger partial charge in [-0.2, -0.15) is 0 Å². The lowest BCUT2D eigenvalue weighted by Crippen LogP contribution is -1.97.